The maximum Gasteiger partial charge on any atom is 0.352 e. The lowest BCUT2D eigenvalue weighted by Gasteiger charge is -2.49. The van der Waals surface area contributed by atoms with Gasteiger partial charge in [0.05, 0.1) is 0 Å². The third kappa shape index (κ3) is 3.01. The van der Waals surface area contributed by atoms with Gasteiger partial charge in [0.2, 0.25) is 0 Å². The molecule has 0 radical (unpaired) electrons. The summed E-state index contributed by atoms with van der Waals surface area (Å²) in [7, 11) is 1.28. The molecular weight excluding hydrogens is 382 g/mol. The number of nitrogens with zero attached hydrogens (tertiary/aromatic N) is 3. The Morgan fingerprint density at radius 2 is 2.27 bits per heavy atom. The number of carboxylic acids is 1. The van der Waals surface area contributed by atoms with E-state index in [-0.39, 0.29) is 22.2 Å². The summed E-state index contributed by atoms with van der Waals surface area (Å²) in [5, 5.41) is 16.9. The van der Waals surface area contributed by atoms with Gasteiger partial charge in [0, 0.05) is 11.1 Å². The van der Waals surface area contributed by atoms with E-state index in [1.165, 1.54) is 23.8 Å². The van der Waals surface area contributed by atoms with E-state index in [0.717, 1.165) is 11.3 Å². The van der Waals surface area contributed by atoms with Crippen molar-refractivity contribution in [1.82, 2.24) is 15.2 Å². The standard InChI is InChI=1S/C14H15N5O5S2/c1-5-3-25-12-8(11(21)19(12)9(5)13(22)23)17-10(20)7(18-24-2)6-4-26-14(15)16-6/h4,8,12H,3H2,1-2H3,(H2,15,16)(H,17,20)(H,22,23)/t8-,12-/m0/s1. The Bertz CT molecular complexity index is 849. The highest BCUT2D eigenvalue weighted by Gasteiger charge is 2.54. The molecule has 1 fully saturated rings. The number of carbonyl (C=O) groups excluding carboxylic acids is 2. The fourth-order valence-electron chi connectivity index (χ4n) is 2.68. The van der Waals surface area contributed by atoms with Gasteiger partial charge in [-0.2, -0.15) is 0 Å². The lowest BCUT2D eigenvalue weighted by Crippen LogP contribution is -2.71. The largest absolute Gasteiger partial charge is 0.477 e. The van der Waals surface area contributed by atoms with Crippen LogP contribution in [0.15, 0.2) is 21.8 Å². The molecule has 10 nitrogen and oxygen atoms in total. The zero-order valence-electron chi connectivity index (χ0n) is 13.8. The number of nitrogens with one attached hydrogen (secondary N) is 1. The maximum absolute atomic E-state index is 12.5. The summed E-state index contributed by atoms with van der Waals surface area (Å²) < 4.78 is 0. The molecule has 0 unspecified atom stereocenters. The molecule has 0 bridgehead atoms. The van der Waals surface area contributed by atoms with Crippen molar-refractivity contribution < 1.29 is 24.3 Å². The highest BCUT2D eigenvalue weighted by atomic mass is 32.2. The van der Waals surface area contributed by atoms with E-state index in [1.807, 2.05) is 0 Å². The molecule has 2 aliphatic rings. The minimum absolute atomic E-state index is 0.0256. The molecule has 138 valence electrons. The average molecular weight is 397 g/mol. The number of thioether (sulfide) groups is 1. The number of rotatable bonds is 5. The second-order valence-corrected chi connectivity index (χ2v) is 7.48. The summed E-state index contributed by atoms with van der Waals surface area (Å²) in [6, 6.07) is -0.854. The van der Waals surface area contributed by atoms with E-state index in [2.05, 4.69) is 20.3 Å². The maximum atomic E-state index is 12.5. The number of β-lactam (4-membered cyclic amide) rings is 1. The minimum atomic E-state index is -1.16. The van der Waals surface area contributed by atoms with Gasteiger partial charge in [-0.05, 0) is 12.5 Å². The molecule has 2 atom stereocenters. The number of hydrogen-bond donors (Lipinski definition) is 3. The topological polar surface area (TPSA) is 147 Å². The number of nitrogens with two attached hydrogens (primary N) is 1. The van der Waals surface area contributed by atoms with Crippen LogP contribution >= 0.6 is 23.1 Å². The van der Waals surface area contributed by atoms with Gasteiger partial charge in [-0.15, -0.1) is 23.1 Å². The van der Waals surface area contributed by atoms with Gasteiger partial charge in [-0.3, -0.25) is 14.5 Å². The molecule has 3 rings (SSSR count). The molecule has 12 heteroatoms. The number of fused-ring (bicyclic) bond motifs is 1. The quantitative estimate of drug-likeness (QED) is 0.353. The van der Waals surface area contributed by atoms with E-state index in [9.17, 15) is 19.5 Å². The zero-order valence-corrected chi connectivity index (χ0v) is 15.4. The summed E-state index contributed by atoms with van der Waals surface area (Å²) in [4.78, 5) is 46.2. The van der Waals surface area contributed by atoms with E-state index >= 15 is 0 Å². The number of anilines is 1. The average Bonchev–Trinajstić information content (AvgIpc) is 3.02. The van der Waals surface area contributed by atoms with Gasteiger partial charge < -0.3 is 21.0 Å². The molecule has 3 heterocycles. The van der Waals surface area contributed by atoms with Gasteiger partial charge >= 0.3 is 5.97 Å². The van der Waals surface area contributed by atoms with E-state index in [0.29, 0.717) is 11.3 Å². The van der Waals surface area contributed by atoms with E-state index < -0.39 is 29.2 Å². The first kappa shape index (κ1) is 18.2. The van der Waals surface area contributed by atoms with Crippen LogP contribution in [0.5, 0.6) is 0 Å². The fraction of sp³-hybridized carbons (Fsp3) is 0.357. The van der Waals surface area contributed by atoms with Gasteiger partial charge in [0.1, 0.15) is 29.9 Å². The molecule has 1 aromatic heterocycles. The van der Waals surface area contributed by atoms with Crippen LogP contribution in [-0.2, 0) is 19.2 Å². The highest BCUT2D eigenvalue weighted by molar-refractivity contribution is 8.00. The summed E-state index contributed by atoms with van der Waals surface area (Å²) in [5.41, 5.74) is 6.27. The Morgan fingerprint density at radius 3 is 2.85 bits per heavy atom. The van der Waals surface area contributed by atoms with Crippen LogP contribution in [0.25, 0.3) is 0 Å². The monoisotopic (exact) mass is 397 g/mol. The van der Waals surface area contributed by atoms with Gasteiger partial charge in [0.25, 0.3) is 11.8 Å². The number of carboxylic acid groups (broad SMARTS) is 1. The lowest BCUT2D eigenvalue weighted by molar-refractivity contribution is -0.150. The highest BCUT2D eigenvalue weighted by Crippen LogP contribution is 2.40. The summed E-state index contributed by atoms with van der Waals surface area (Å²) in [6.45, 7) is 1.67. The molecule has 2 amide bonds. The van der Waals surface area contributed by atoms with Crippen LogP contribution in [0.2, 0.25) is 0 Å². The van der Waals surface area contributed by atoms with Crippen molar-refractivity contribution in [2.75, 3.05) is 18.6 Å². The van der Waals surface area contributed by atoms with Crippen molar-refractivity contribution in [2.45, 2.75) is 18.3 Å². The first-order valence-corrected chi connectivity index (χ1v) is 9.29. The number of aromatic nitrogens is 1. The Balaban J connectivity index is 1.78. The van der Waals surface area contributed by atoms with Crippen molar-refractivity contribution in [3.8, 4) is 0 Å². The Hall–Kier alpha value is -2.60. The van der Waals surface area contributed by atoms with Gasteiger partial charge in [-0.25, -0.2) is 9.78 Å². The second-order valence-electron chi connectivity index (χ2n) is 5.49. The van der Waals surface area contributed by atoms with Crippen molar-refractivity contribution in [3.05, 3.63) is 22.3 Å². The number of nitrogen functional groups attached to an aromatic ring is 1. The first-order valence-electron chi connectivity index (χ1n) is 7.36. The van der Waals surface area contributed by atoms with Gasteiger partial charge in [-0.1, -0.05) is 5.16 Å². The molecule has 4 N–H and O–H groups in total. The molecule has 26 heavy (non-hydrogen) atoms. The predicted octanol–water partition coefficient (Wildman–Crippen LogP) is -0.166. The molecule has 0 aromatic carbocycles. The number of hydrogen-bond acceptors (Lipinski definition) is 9. The Kier molecular flexibility index (Phi) is 4.87. The fourth-order valence-corrected chi connectivity index (χ4v) is 4.52. The number of oxime groups is 1. The molecule has 0 spiro atoms. The first-order chi connectivity index (χ1) is 12.3. The smallest absolute Gasteiger partial charge is 0.352 e. The van der Waals surface area contributed by atoms with Crippen molar-refractivity contribution in [3.63, 3.8) is 0 Å². The van der Waals surface area contributed by atoms with Crippen molar-refractivity contribution in [2.24, 2.45) is 5.16 Å². The molecule has 1 aromatic rings. The third-order valence-electron chi connectivity index (χ3n) is 3.81. The lowest BCUT2D eigenvalue weighted by atomic mass is 10.0. The number of amides is 2. The SMILES string of the molecule is CON=C(C(=O)N[C@H]1C(=O)N2C(C(=O)O)=C(C)CS[C@@H]12)c1csc(N)n1. The molecule has 0 saturated carbocycles. The van der Waals surface area contributed by atoms with Crippen LogP contribution in [0, 0.1) is 0 Å². The van der Waals surface area contributed by atoms with Crippen LogP contribution in [0.4, 0.5) is 5.13 Å². The Labute approximate surface area is 156 Å². The van der Waals surface area contributed by atoms with Crippen LogP contribution in [0.1, 0.15) is 12.6 Å². The number of thiazole rings is 1. The normalized spacial score (nSPS) is 22.6. The Morgan fingerprint density at radius 1 is 1.54 bits per heavy atom. The number of carbonyl (C=O) groups is 3. The predicted molar refractivity (Wildman–Crippen MR) is 95.4 cm³/mol. The molecular formula is C14H15N5O5S2. The van der Waals surface area contributed by atoms with E-state index in [4.69, 9.17) is 5.73 Å². The van der Waals surface area contributed by atoms with Crippen molar-refractivity contribution in [1.29, 1.82) is 0 Å². The molecule has 2 aliphatic heterocycles. The zero-order chi connectivity index (χ0) is 19.0. The molecule has 0 aliphatic carbocycles. The number of aliphatic carboxylic acids is 1. The summed E-state index contributed by atoms with van der Waals surface area (Å²) >= 11 is 2.52. The third-order valence-corrected chi connectivity index (χ3v) is 5.91. The van der Waals surface area contributed by atoms with Crippen molar-refractivity contribution >= 4 is 51.7 Å². The molecule has 1 saturated heterocycles. The van der Waals surface area contributed by atoms with Gasteiger partial charge in [0.15, 0.2) is 10.8 Å². The summed E-state index contributed by atoms with van der Waals surface area (Å²) in [6.07, 6.45) is 0. The van der Waals surface area contributed by atoms with Crippen LogP contribution in [0.3, 0.4) is 0 Å². The summed E-state index contributed by atoms with van der Waals surface area (Å²) in [5.74, 6) is -1.84. The van der Waals surface area contributed by atoms with Crippen LogP contribution < -0.4 is 11.1 Å². The van der Waals surface area contributed by atoms with Crippen LogP contribution in [-0.4, -0.2) is 62.8 Å². The minimum Gasteiger partial charge on any atom is -0.477 e. The van der Waals surface area contributed by atoms with E-state index in [1.54, 1.807) is 12.3 Å². The second kappa shape index (κ2) is 6.96.